The second-order valence-corrected chi connectivity index (χ2v) is 5.22. The van der Waals surface area contributed by atoms with Crippen LogP contribution in [0.15, 0.2) is 42.5 Å². The van der Waals surface area contributed by atoms with Crippen LogP contribution >= 0.6 is 0 Å². The first-order valence-corrected chi connectivity index (χ1v) is 6.89. The molecule has 4 heteroatoms. The fraction of sp³-hybridized carbons (Fsp3) is 0.294. The standard InChI is InChI=1S/C17H21FN2O/c1-12(13-5-4-6-15(19)9-13)20(2)11-14-7-8-16(21-3)10-17(14)18/h4-10,12H,11,19H2,1-3H3. The number of nitrogens with two attached hydrogens (primary N) is 1. The molecule has 3 nitrogen and oxygen atoms in total. The monoisotopic (exact) mass is 288 g/mol. The van der Waals surface area contributed by atoms with Crippen molar-refractivity contribution in [3.8, 4) is 5.75 Å². The molecule has 0 aliphatic heterocycles. The summed E-state index contributed by atoms with van der Waals surface area (Å²) in [5.74, 6) is 0.281. The van der Waals surface area contributed by atoms with Crippen molar-refractivity contribution >= 4 is 5.69 Å². The van der Waals surface area contributed by atoms with Crippen LogP contribution in [0, 0.1) is 5.82 Å². The van der Waals surface area contributed by atoms with E-state index in [2.05, 4.69) is 11.8 Å². The molecule has 1 atom stereocenters. The van der Waals surface area contributed by atoms with Gasteiger partial charge in [0.2, 0.25) is 0 Å². The van der Waals surface area contributed by atoms with E-state index in [0.717, 1.165) is 11.3 Å². The molecule has 0 spiro atoms. The molecule has 0 fully saturated rings. The fourth-order valence-electron chi connectivity index (χ4n) is 2.26. The summed E-state index contributed by atoms with van der Waals surface area (Å²) in [4.78, 5) is 2.08. The van der Waals surface area contributed by atoms with E-state index in [9.17, 15) is 4.39 Å². The van der Waals surface area contributed by atoms with E-state index in [1.165, 1.54) is 13.2 Å². The van der Waals surface area contributed by atoms with E-state index in [0.29, 0.717) is 17.9 Å². The van der Waals surface area contributed by atoms with Crippen molar-refractivity contribution in [3.63, 3.8) is 0 Å². The van der Waals surface area contributed by atoms with Crippen LogP contribution in [0.2, 0.25) is 0 Å². The first-order valence-electron chi connectivity index (χ1n) is 6.89. The second-order valence-electron chi connectivity index (χ2n) is 5.22. The molecule has 0 radical (unpaired) electrons. The summed E-state index contributed by atoms with van der Waals surface area (Å²) in [5.41, 5.74) is 8.32. The van der Waals surface area contributed by atoms with Gasteiger partial charge in [-0.15, -0.1) is 0 Å². The Morgan fingerprint density at radius 2 is 2.00 bits per heavy atom. The van der Waals surface area contributed by atoms with Crippen LogP contribution in [-0.2, 0) is 6.54 Å². The van der Waals surface area contributed by atoms with Gasteiger partial charge >= 0.3 is 0 Å². The number of rotatable bonds is 5. The van der Waals surface area contributed by atoms with Gasteiger partial charge in [-0.2, -0.15) is 0 Å². The number of benzene rings is 2. The third-order valence-electron chi connectivity index (χ3n) is 3.73. The van der Waals surface area contributed by atoms with Gasteiger partial charge < -0.3 is 10.5 Å². The van der Waals surface area contributed by atoms with Gasteiger partial charge in [0.05, 0.1) is 7.11 Å². The normalized spacial score (nSPS) is 12.4. The van der Waals surface area contributed by atoms with Crippen LogP contribution in [0.3, 0.4) is 0 Å². The number of hydrogen-bond acceptors (Lipinski definition) is 3. The van der Waals surface area contributed by atoms with Gasteiger partial charge in [-0.3, -0.25) is 4.90 Å². The molecule has 2 N–H and O–H groups in total. The Labute approximate surface area is 125 Å². The van der Waals surface area contributed by atoms with Crippen LogP contribution < -0.4 is 10.5 Å². The quantitative estimate of drug-likeness (QED) is 0.854. The van der Waals surface area contributed by atoms with Crippen molar-refractivity contribution in [2.45, 2.75) is 19.5 Å². The number of ether oxygens (including phenoxy) is 1. The number of anilines is 1. The summed E-state index contributed by atoms with van der Waals surface area (Å²) in [6.07, 6.45) is 0. The van der Waals surface area contributed by atoms with Gasteiger partial charge in [0.1, 0.15) is 11.6 Å². The number of halogens is 1. The van der Waals surface area contributed by atoms with Crippen molar-refractivity contribution in [3.05, 3.63) is 59.4 Å². The van der Waals surface area contributed by atoms with E-state index in [4.69, 9.17) is 10.5 Å². The third kappa shape index (κ3) is 3.73. The molecule has 0 aliphatic rings. The molecule has 0 aliphatic carbocycles. The summed E-state index contributed by atoms with van der Waals surface area (Å²) < 4.78 is 19.0. The van der Waals surface area contributed by atoms with Crippen LogP contribution in [0.25, 0.3) is 0 Å². The molecule has 0 bridgehead atoms. The van der Waals surface area contributed by atoms with Crippen molar-refractivity contribution in [2.75, 3.05) is 19.9 Å². The van der Waals surface area contributed by atoms with E-state index < -0.39 is 0 Å². The summed E-state index contributed by atoms with van der Waals surface area (Å²) in [7, 11) is 3.50. The molecule has 0 saturated heterocycles. The molecule has 2 aromatic rings. The smallest absolute Gasteiger partial charge is 0.131 e. The van der Waals surface area contributed by atoms with Gasteiger partial charge in [0.15, 0.2) is 0 Å². The summed E-state index contributed by atoms with van der Waals surface area (Å²) in [6.45, 7) is 2.60. The minimum Gasteiger partial charge on any atom is -0.497 e. The highest BCUT2D eigenvalue weighted by Gasteiger charge is 2.14. The zero-order valence-electron chi connectivity index (χ0n) is 12.6. The van der Waals surface area contributed by atoms with Gasteiger partial charge in [-0.05, 0) is 37.7 Å². The van der Waals surface area contributed by atoms with E-state index in [-0.39, 0.29) is 11.9 Å². The Bertz CT molecular complexity index is 615. The highest BCUT2D eigenvalue weighted by molar-refractivity contribution is 5.41. The summed E-state index contributed by atoms with van der Waals surface area (Å²) in [6, 6.07) is 12.9. The minimum atomic E-state index is -0.249. The molecular formula is C17H21FN2O. The molecule has 112 valence electrons. The molecule has 0 saturated carbocycles. The Hall–Kier alpha value is -2.07. The lowest BCUT2D eigenvalue weighted by Gasteiger charge is -2.25. The highest BCUT2D eigenvalue weighted by atomic mass is 19.1. The summed E-state index contributed by atoms with van der Waals surface area (Å²) in [5, 5.41) is 0. The van der Waals surface area contributed by atoms with Gasteiger partial charge in [-0.25, -0.2) is 4.39 Å². The lowest BCUT2D eigenvalue weighted by molar-refractivity contribution is 0.249. The van der Waals surface area contributed by atoms with Crippen LogP contribution in [0.5, 0.6) is 5.75 Å². The molecular weight excluding hydrogens is 267 g/mol. The van der Waals surface area contributed by atoms with Gasteiger partial charge in [0.25, 0.3) is 0 Å². The second kappa shape index (κ2) is 6.59. The fourth-order valence-corrected chi connectivity index (χ4v) is 2.26. The van der Waals surface area contributed by atoms with Gasteiger partial charge in [0, 0.05) is 29.9 Å². The van der Waals surface area contributed by atoms with Crippen molar-refractivity contribution < 1.29 is 9.13 Å². The highest BCUT2D eigenvalue weighted by Crippen LogP contribution is 2.24. The predicted molar refractivity (Wildman–Crippen MR) is 83.7 cm³/mol. The van der Waals surface area contributed by atoms with E-state index in [1.807, 2.05) is 31.3 Å². The largest absolute Gasteiger partial charge is 0.497 e. The maximum atomic E-state index is 14.0. The number of hydrogen-bond donors (Lipinski definition) is 1. The van der Waals surface area contributed by atoms with Crippen molar-refractivity contribution in [1.29, 1.82) is 0 Å². The number of nitrogen functional groups attached to an aromatic ring is 1. The first-order chi connectivity index (χ1) is 10.0. The first kappa shape index (κ1) is 15.3. The van der Waals surface area contributed by atoms with Crippen LogP contribution in [0.1, 0.15) is 24.1 Å². The zero-order valence-corrected chi connectivity index (χ0v) is 12.6. The molecule has 2 rings (SSSR count). The van der Waals surface area contributed by atoms with Crippen molar-refractivity contribution in [2.24, 2.45) is 0 Å². The maximum Gasteiger partial charge on any atom is 0.131 e. The molecule has 1 unspecified atom stereocenters. The summed E-state index contributed by atoms with van der Waals surface area (Å²) >= 11 is 0. The van der Waals surface area contributed by atoms with E-state index in [1.54, 1.807) is 12.1 Å². The van der Waals surface area contributed by atoms with Crippen LogP contribution in [-0.4, -0.2) is 19.1 Å². The lowest BCUT2D eigenvalue weighted by Crippen LogP contribution is -2.22. The minimum absolute atomic E-state index is 0.148. The van der Waals surface area contributed by atoms with Gasteiger partial charge in [-0.1, -0.05) is 18.2 Å². The third-order valence-corrected chi connectivity index (χ3v) is 3.73. The lowest BCUT2D eigenvalue weighted by atomic mass is 10.1. The average molecular weight is 288 g/mol. The zero-order chi connectivity index (χ0) is 15.4. The Kier molecular flexibility index (Phi) is 4.81. The maximum absolute atomic E-state index is 14.0. The van der Waals surface area contributed by atoms with E-state index >= 15 is 0 Å². The van der Waals surface area contributed by atoms with Crippen LogP contribution in [0.4, 0.5) is 10.1 Å². The Morgan fingerprint density at radius 1 is 1.24 bits per heavy atom. The number of nitrogens with zero attached hydrogens (tertiary/aromatic N) is 1. The predicted octanol–water partition coefficient (Wildman–Crippen LogP) is 3.61. The topological polar surface area (TPSA) is 38.5 Å². The molecule has 0 amide bonds. The molecule has 2 aromatic carbocycles. The SMILES string of the molecule is COc1ccc(CN(C)C(C)c2cccc(N)c2)c(F)c1. The molecule has 21 heavy (non-hydrogen) atoms. The molecule has 0 aromatic heterocycles. The average Bonchev–Trinajstić information content (AvgIpc) is 2.48. The Morgan fingerprint density at radius 3 is 2.62 bits per heavy atom. The Balaban J connectivity index is 2.12. The molecule has 0 heterocycles. The van der Waals surface area contributed by atoms with Crippen molar-refractivity contribution in [1.82, 2.24) is 4.90 Å². The number of methoxy groups -OCH3 is 1.